The average Bonchev–Trinajstić information content (AvgIpc) is 3.60. The maximum atomic E-state index is 13.8. The summed E-state index contributed by atoms with van der Waals surface area (Å²) in [6.07, 6.45) is 1.51. The molecule has 1 unspecified atom stereocenters. The largest absolute Gasteiger partial charge is 0.496 e. The van der Waals surface area contributed by atoms with Gasteiger partial charge >= 0.3 is 0 Å². The lowest BCUT2D eigenvalue weighted by atomic mass is 10.1. The minimum absolute atomic E-state index is 0.0338. The van der Waals surface area contributed by atoms with Gasteiger partial charge in [-0.05, 0) is 66.2 Å². The highest BCUT2D eigenvalue weighted by Gasteiger charge is 2.24. The maximum Gasteiger partial charge on any atom is 0.272 e. The van der Waals surface area contributed by atoms with Crippen molar-refractivity contribution >= 4 is 67.9 Å². The molecule has 262 valence electrons. The van der Waals surface area contributed by atoms with Crippen LogP contribution in [0.25, 0.3) is 16.3 Å². The smallest absolute Gasteiger partial charge is 0.272 e. The highest BCUT2D eigenvalue weighted by atomic mass is 32.2. The van der Waals surface area contributed by atoms with E-state index in [0.717, 1.165) is 20.7 Å². The highest BCUT2D eigenvalue weighted by molar-refractivity contribution is 8.00. The second-order valence-corrected chi connectivity index (χ2v) is 13.4. The summed E-state index contributed by atoms with van der Waals surface area (Å²) in [7, 11) is 4.51. The van der Waals surface area contributed by atoms with Crippen molar-refractivity contribution in [1.82, 2.24) is 10.3 Å². The van der Waals surface area contributed by atoms with Crippen LogP contribution < -0.4 is 30.2 Å². The minimum atomic E-state index is -0.576. The molecule has 10 nitrogen and oxygen atoms in total. The van der Waals surface area contributed by atoms with Gasteiger partial charge in [-0.3, -0.25) is 14.4 Å². The molecule has 0 aliphatic carbocycles. The Labute approximate surface area is 308 Å². The molecule has 0 aliphatic heterocycles. The monoisotopic (exact) mass is 730 g/mol. The van der Waals surface area contributed by atoms with Crippen molar-refractivity contribution in [3.05, 3.63) is 144 Å². The number of fused-ring (bicyclic) bond motifs is 1. The van der Waals surface area contributed by atoms with E-state index in [1.54, 1.807) is 54.6 Å². The topological polar surface area (TPSA) is 128 Å². The van der Waals surface area contributed by atoms with Gasteiger partial charge in [0.15, 0.2) is 16.6 Å². The number of thioether (sulfide) groups is 1. The average molecular weight is 731 g/mol. The van der Waals surface area contributed by atoms with Gasteiger partial charge < -0.3 is 30.2 Å². The van der Waals surface area contributed by atoms with Gasteiger partial charge in [0.2, 0.25) is 5.91 Å². The molecule has 1 heterocycles. The number of amides is 3. The third-order valence-electron chi connectivity index (χ3n) is 7.80. The van der Waals surface area contributed by atoms with E-state index in [-0.39, 0.29) is 11.6 Å². The van der Waals surface area contributed by atoms with Crippen molar-refractivity contribution in [2.45, 2.75) is 10.1 Å². The van der Waals surface area contributed by atoms with Crippen LogP contribution in [-0.2, 0) is 9.59 Å². The molecule has 0 radical (unpaired) electrons. The molecule has 0 aliphatic rings. The molecule has 0 fully saturated rings. The first-order chi connectivity index (χ1) is 25.3. The second-order valence-electron chi connectivity index (χ2n) is 11.2. The van der Waals surface area contributed by atoms with Crippen molar-refractivity contribution in [3.8, 4) is 17.2 Å². The summed E-state index contributed by atoms with van der Waals surface area (Å²) < 4.78 is 17.4. The SMILES string of the molecule is COc1cc(OC)c(OC)cc1/C=C(\NC(=O)c1ccccc1)C(=O)Nc1ccc(SC(C(=O)Nc2nc3ccccc3s2)c2ccccc2)cc1. The van der Waals surface area contributed by atoms with Crippen LogP contribution in [0, 0.1) is 0 Å². The Morgan fingerprint density at radius 3 is 2.04 bits per heavy atom. The summed E-state index contributed by atoms with van der Waals surface area (Å²) in [5.41, 5.74) is 2.95. The summed E-state index contributed by atoms with van der Waals surface area (Å²) >= 11 is 2.80. The predicted octanol–water partition coefficient (Wildman–Crippen LogP) is 8.20. The first-order valence-corrected chi connectivity index (χ1v) is 17.7. The van der Waals surface area contributed by atoms with Crippen molar-refractivity contribution in [2.24, 2.45) is 0 Å². The molecule has 1 aromatic heterocycles. The van der Waals surface area contributed by atoms with Gasteiger partial charge in [-0.15, -0.1) is 11.8 Å². The zero-order valence-electron chi connectivity index (χ0n) is 28.4. The fourth-order valence-corrected chi connectivity index (χ4v) is 7.11. The van der Waals surface area contributed by atoms with Gasteiger partial charge in [-0.25, -0.2) is 4.98 Å². The van der Waals surface area contributed by atoms with E-state index in [2.05, 4.69) is 20.9 Å². The quantitative estimate of drug-likeness (QED) is 0.0802. The Kier molecular flexibility index (Phi) is 11.5. The molecule has 0 saturated heterocycles. The van der Waals surface area contributed by atoms with E-state index in [0.29, 0.717) is 39.2 Å². The molecule has 0 spiro atoms. The van der Waals surface area contributed by atoms with E-state index in [9.17, 15) is 14.4 Å². The van der Waals surface area contributed by atoms with Gasteiger partial charge in [-0.2, -0.15) is 0 Å². The lowest BCUT2D eigenvalue weighted by molar-refractivity contribution is -0.116. The van der Waals surface area contributed by atoms with E-state index in [1.807, 2.05) is 66.7 Å². The molecule has 3 N–H and O–H groups in total. The Hall–Kier alpha value is -6.11. The Morgan fingerprint density at radius 2 is 1.37 bits per heavy atom. The van der Waals surface area contributed by atoms with Crippen LogP contribution in [0.1, 0.15) is 26.7 Å². The van der Waals surface area contributed by atoms with E-state index in [4.69, 9.17) is 14.2 Å². The molecule has 52 heavy (non-hydrogen) atoms. The number of thiazole rings is 1. The summed E-state index contributed by atoms with van der Waals surface area (Å²) in [5.74, 6) is 0.0145. The number of aromatic nitrogens is 1. The zero-order valence-corrected chi connectivity index (χ0v) is 30.0. The zero-order chi connectivity index (χ0) is 36.5. The third-order valence-corrected chi connectivity index (χ3v) is 10.0. The number of hydrogen-bond donors (Lipinski definition) is 3. The highest BCUT2D eigenvalue weighted by Crippen LogP contribution is 2.38. The van der Waals surface area contributed by atoms with Crippen LogP contribution in [0.4, 0.5) is 10.8 Å². The number of carbonyl (C=O) groups is 3. The summed E-state index contributed by atoms with van der Waals surface area (Å²) in [4.78, 5) is 46.0. The van der Waals surface area contributed by atoms with Crippen LogP contribution in [0.2, 0.25) is 0 Å². The number of carbonyl (C=O) groups excluding carboxylic acids is 3. The van der Waals surface area contributed by atoms with Crippen LogP contribution >= 0.6 is 23.1 Å². The Morgan fingerprint density at radius 1 is 0.731 bits per heavy atom. The van der Waals surface area contributed by atoms with Gasteiger partial charge in [0, 0.05) is 27.8 Å². The van der Waals surface area contributed by atoms with Crippen LogP contribution in [-0.4, -0.2) is 44.0 Å². The predicted molar refractivity (Wildman–Crippen MR) is 206 cm³/mol. The van der Waals surface area contributed by atoms with E-state index < -0.39 is 17.1 Å². The number of benzene rings is 5. The summed E-state index contributed by atoms with van der Waals surface area (Å²) in [6, 6.07) is 36.2. The normalized spacial score (nSPS) is 11.7. The van der Waals surface area contributed by atoms with Crippen molar-refractivity contribution < 1.29 is 28.6 Å². The van der Waals surface area contributed by atoms with Crippen molar-refractivity contribution in [1.29, 1.82) is 0 Å². The first-order valence-electron chi connectivity index (χ1n) is 16.0. The minimum Gasteiger partial charge on any atom is -0.496 e. The van der Waals surface area contributed by atoms with Gasteiger partial charge in [0.1, 0.15) is 16.7 Å². The van der Waals surface area contributed by atoms with Gasteiger partial charge in [0.25, 0.3) is 11.8 Å². The van der Waals surface area contributed by atoms with Gasteiger partial charge in [-0.1, -0.05) is 72.0 Å². The molecule has 5 aromatic carbocycles. The molecule has 12 heteroatoms. The number of nitrogens with zero attached hydrogens (tertiary/aromatic N) is 1. The van der Waals surface area contributed by atoms with E-state index in [1.165, 1.54) is 50.5 Å². The third kappa shape index (κ3) is 8.60. The van der Waals surface area contributed by atoms with Crippen LogP contribution in [0.5, 0.6) is 17.2 Å². The lowest BCUT2D eigenvalue weighted by Crippen LogP contribution is -2.30. The number of rotatable bonds is 13. The Balaban J connectivity index is 1.23. The molecule has 1 atom stereocenters. The lowest BCUT2D eigenvalue weighted by Gasteiger charge is -2.17. The standard InChI is InChI=1S/C40H34N4O6S2/c1-48-32-24-34(50-3)33(49-2)23-27(32)22-31(42-37(45)26-14-8-5-9-15-26)38(46)41-28-18-20-29(21-19-28)51-36(25-12-6-4-7-13-25)39(47)44-40-43-30-16-10-11-17-35(30)52-40/h4-24,36H,1-3H3,(H,41,46)(H,42,45)(H,43,44,47)/b31-22-. The fourth-order valence-electron chi connectivity index (χ4n) is 5.21. The van der Waals surface area contributed by atoms with Crippen LogP contribution in [0.3, 0.4) is 0 Å². The molecule has 6 rings (SSSR count). The summed E-state index contributed by atoms with van der Waals surface area (Å²) in [6.45, 7) is 0. The number of para-hydroxylation sites is 1. The maximum absolute atomic E-state index is 13.8. The summed E-state index contributed by atoms with van der Waals surface area (Å²) in [5, 5.41) is 8.57. The van der Waals surface area contributed by atoms with E-state index >= 15 is 0 Å². The Bertz CT molecular complexity index is 2190. The van der Waals surface area contributed by atoms with Gasteiger partial charge in [0.05, 0.1) is 31.5 Å². The van der Waals surface area contributed by atoms with Crippen molar-refractivity contribution in [3.63, 3.8) is 0 Å². The number of nitrogens with one attached hydrogen (secondary N) is 3. The van der Waals surface area contributed by atoms with Crippen molar-refractivity contribution in [2.75, 3.05) is 32.0 Å². The number of anilines is 2. The molecular formula is C40H34N4O6S2. The van der Waals surface area contributed by atoms with Crippen LogP contribution in [0.15, 0.2) is 132 Å². The number of hydrogen-bond acceptors (Lipinski definition) is 9. The second kappa shape index (κ2) is 16.7. The molecule has 0 saturated carbocycles. The number of ether oxygens (including phenoxy) is 3. The number of methoxy groups -OCH3 is 3. The molecule has 6 aromatic rings. The molecule has 3 amide bonds. The fraction of sp³-hybridized carbons (Fsp3) is 0.100. The first kappa shape index (κ1) is 35.7. The molecular weight excluding hydrogens is 697 g/mol. The molecule has 0 bridgehead atoms.